The Labute approximate surface area is 129 Å². The molecule has 2 rings (SSSR count). The van der Waals surface area contributed by atoms with Gasteiger partial charge in [-0.1, -0.05) is 30.3 Å². The number of benzene rings is 1. The van der Waals surface area contributed by atoms with E-state index in [9.17, 15) is 14.0 Å². The van der Waals surface area contributed by atoms with E-state index in [0.29, 0.717) is 5.56 Å². The van der Waals surface area contributed by atoms with Gasteiger partial charge in [-0.2, -0.15) is 0 Å². The van der Waals surface area contributed by atoms with Crippen molar-refractivity contribution >= 4 is 11.9 Å². The van der Waals surface area contributed by atoms with Gasteiger partial charge in [-0.3, -0.25) is 4.79 Å². The second-order valence-electron chi connectivity index (χ2n) is 6.55. The monoisotopic (exact) mass is 308 g/mol. The van der Waals surface area contributed by atoms with Crippen molar-refractivity contribution in [3.05, 3.63) is 35.9 Å². The topological polar surface area (TPSA) is 52.6 Å². The van der Waals surface area contributed by atoms with Gasteiger partial charge in [-0.05, 0) is 33.3 Å². The standard InChI is InChI=1S/C17H21FO4/c1-11(18)17(15(20)22-16(2,3)4)13(10-14(19)21-17)12-8-6-5-7-9-12/h5-9,11,13H,10H2,1-4H3/t11-,13+,17-/m1/s1. The van der Waals surface area contributed by atoms with E-state index >= 15 is 0 Å². The number of hydrogen-bond donors (Lipinski definition) is 0. The molecule has 0 radical (unpaired) electrons. The van der Waals surface area contributed by atoms with Crippen LogP contribution in [-0.4, -0.2) is 29.3 Å². The highest BCUT2D eigenvalue weighted by Gasteiger charge is 2.61. The minimum atomic E-state index is -1.92. The lowest BCUT2D eigenvalue weighted by Gasteiger charge is -2.35. The lowest BCUT2D eigenvalue weighted by atomic mass is 9.79. The Balaban J connectivity index is 2.47. The molecule has 4 nitrogen and oxygen atoms in total. The van der Waals surface area contributed by atoms with Crippen LogP contribution in [0.25, 0.3) is 0 Å². The fraction of sp³-hybridized carbons (Fsp3) is 0.529. The number of alkyl halides is 1. The summed E-state index contributed by atoms with van der Waals surface area (Å²) in [6, 6.07) is 8.89. The van der Waals surface area contributed by atoms with Crippen LogP contribution >= 0.6 is 0 Å². The van der Waals surface area contributed by atoms with Crippen molar-refractivity contribution in [3.63, 3.8) is 0 Å². The Hall–Kier alpha value is -1.91. The number of rotatable bonds is 3. The van der Waals surface area contributed by atoms with Crippen LogP contribution in [0.3, 0.4) is 0 Å². The van der Waals surface area contributed by atoms with E-state index in [1.807, 2.05) is 6.07 Å². The summed E-state index contributed by atoms with van der Waals surface area (Å²) < 4.78 is 24.9. The van der Waals surface area contributed by atoms with Crippen molar-refractivity contribution in [2.45, 2.75) is 57.4 Å². The number of ether oxygens (including phenoxy) is 2. The van der Waals surface area contributed by atoms with E-state index < -0.39 is 35.2 Å². The molecule has 120 valence electrons. The van der Waals surface area contributed by atoms with Crippen LogP contribution in [-0.2, 0) is 19.1 Å². The molecule has 1 heterocycles. The third-order valence-electron chi connectivity index (χ3n) is 3.68. The smallest absolute Gasteiger partial charge is 0.354 e. The van der Waals surface area contributed by atoms with Gasteiger partial charge in [-0.15, -0.1) is 0 Å². The summed E-state index contributed by atoms with van der Waals surface area (Å²) in [5.41, 5.74) is -2.04. The number of cyclic esters (lactones) is 1. The third-order valence-corrected chi connectivity index (χ3v) is 3.68. The van der Waals surface area contributed by atoms with Gasteiger partial charge in [0.15, 0.2) is 0 Å². The maximum Gasteiger partial charge on any atom is 0.354 e. The predicted molar refractivity (Wildman–Crippen MR) is 79.0 cm³/mol. The molecule has 0 amide bonds. The molecule has 0 N–H and O–H groups in total. The second-order valence-corrected chi connectivity index (χ2v) is 6.55. The molecular weight excluding hydrogens is 287 g/mol. The van der Waals surface area contributed by atoms with Gasteiger partial charge in [0.05, 0.1) is 6.42 Å². The van der Waals surface area contributed by atoms with E-state index in [1.54, 1.807) is 45.0 Å². The molecule has 1 fully saturated rings. The maximum atomic E-state index is 14.4. The zero-order valence-corrected chi connectivity index (χ0v) is 13.3. The van der Waals surface area contributed by atoms with E-state index in [2.05, 4.69) is 0 Å². The number of carbonyl (C=O) groups excluding carboxylic acids is 2. The van der Waals surface area contributed by atoms with Crippen molar-refractivity contribution in [3.8, 4) is 0 Å². The minimum absolute atomic E-state index is 0.0441. The fourth-order valence-corrected chi connectivity index (χ4v) is 2.73. The number of esters is 2. The summed E-state index contributed by atoms with van der Waals surface area (Å²) >= 11 is 0. The first-order valence-corrected chi connectivity index (χ1v) is 7.31. The summed E-state index contributed by atoms with van der Waals surface area (Å²) in [5.74, 6) is -2.13. The molecule has 0 bridgehead atoms. The Morgan fingerprint density at radius 3 is 2.45 bits per heavy atom. The van der Waals surface area contributed by atoms with E-state index in [-0.39, 0.29) is 6.42 Å². The molecule has 0 aliphatic carbocycles. The molecule has 22 heavy (non-hydrogen) atoms. The SMILES string of the molecule is C[C@@H](F)[C@@]1(C(=O)OC(C)(C)C)OC(=O)C[C@H]1c1ccccc1. The highest BCUT2D eigenvalue weighted by Crippen LogP contribution is 2.45. The quantitative estimate of drug-likeness (QED) is 0.805. The molecule has 0 aromatic heterocycles. The van der Waals surface area contributed by atoms with E-state index in [1.165, 1.54) is 6.92 Å². The highest BCUT2D eigenvalue weighted by molar-refractivity contribution is 5.90. The van der Waals surface area contributed by atoms with Gasteiger partial charge >= 0.3 is 11.9 Å². The second kappa shape index (κ2) is 5.71. The van der Waals surface area contributed by atoms with Gasteiger partial charge < -0.3 is 9.47 Å². The molecule has 1 saturated heterocycles. The van der Waals surface area contributed by atoms with Crippen molar-refractivity contribution in [2.75, 3.05) is 0 Å². The largest absolute Gasteiger partial charge is 0.457 e. The third kappa shape index (κ3) is 2.98. The Morgan fingerprint density at radius 1 is 1.36 bits per heavy atom. The number of carbonyl (C=O) groups is 2. The van der Waals surface area contributed by atoms with Crippen LogP contribution in [0.5, 0.6) is 0 Å². The molecule has 0 saturated carbocycles. The average Bonchev–Trinajstić information content (AvgIpc) is 2.77. The Bertz CT molecular complexity index is 562. The van der Waals surface area contributed by atoms with Crippen molar-refractivity contribution in [1.82, 2.24) is 0 Å². The molecule has 1 aliphatic heterocycles. The lowest BCUT2D eigenvalue weighted by Crippen LogP contribution is -2.53. The molecule has 1 aromatic carbocycles. The van der Waals surface area contributed by atoms with Gasteiger partial charge in [0.25, 0.3) is 0 Å². The first-order valence-electron chi connectivity index (χ1n) is 7.31. The van der Waals surface area contributed by atoms with Crippen molar-refractivity contribution < 1.29 is 23.5 Å². The predicted octanol–water partition coefficient (Wildman–Crippen LogP) is 3.16. The molecular formula is C17H21FO4. The van der Waals surface area contributed by atoms with Crippen LogP contribution in [0.1, 0.15) is 45.6 Å². The average molecular weight is 308 g/mol. The molecule has 3 atom stereocenters. The molecule has 1 aliphatic rings. The summed E-state index contributed by atoms with van der Waals surface area (Å²) in [6.07, 6.45) is -1.73. The van der Waals surface area contributed by atoms with Crippen LogP contribution in [0, 0.1) is 0 Å². The summed E-state index contributed by atoms with van der Waals surface area (Å²) in [5, 5.41) is 0. The number of halogens is 1. The van der Waals surface area contributed by atoms with Crippen LogP contribution in [0.2, 0.25) is 0 Å². The van der Waals surface area contributed by atoms with Crippen LogP contribution < -0.4 is 0 Å². The van der Waals surface area contributed by atoms with Gasteiger partial charge in [-0.25, -0.2) is 9.18 Å². The van der Waals surface area contributed by atoms with Crippen molar-refractivity contribution in [2.24, 2.45) is 0 Å². The van der Waals surface area contributed by atoms with Crippen molar-refractivity contribution in [1.29, 1.82) is 0 Å². The molecule has 0 unspecified atom stereocenters. The zero-order valence-electron chi connectivity index (χ0n) is 13.3. The van der Waals surface area contributed by atoms with E-state index in [4.69, 9.17) is 9.47 Å². The van der Waals surface area contributed by atoms with Crippen LogP contribution in [0.15, 0.2) is 30.3 Å². The normalized spacial score (nSPS) is 26.4. The molecule has 5 heteroatoms. The summed E-state index contributed by atoms with van der Waals surface area (Å²) in [6.45, 7) is 6.29. The van der Waals surface area contributed by atoms with Gasteiger partial charge in [0.1, 0.15) is 11.8 Å². The Morgan fingerprint density at radius 2 is 1.95 bits per heavy atom. The van der Waals surface area contributed by atoms with Gasteiger partial charge in [0, 0.05) is 5.92 Å². The lowest BCUT2D eigenvalue weighted by molar-refractivity contribution is -0.191. The highest BCUT2D eigenvalue weighted by atomic mass is 19.1. The van der Waals surface area contributed by atoms with Gasteiger partial charge in [0.2, 0.25) is 5.60 Å². The Kier molecular flexibility index (Phi) is 4.27. The molecule has 1 aromatic rings. The first kappa shape index (κ1) is 16.5. The molecule has 0 spiro atoms. The first-order chi connectivity index (χ1) is 10.2. The maximum absolute atomic E-state index is 14.4. The minimum Gasteiger partial charge on any atom is -0.457 e. The van der Waals surface area contributed by atoms with E-state index in [0.717, 1.165) is 0 Å². The summed E-state index contributed by atoms with van der Waals surface area (Å²) in [4.78, 5) is 24.4. The zero-order chi connectivity index (χ0) is 16.5. The summed E-state index contributed by atoms with van der Waals surface area (Å²) in [7, 11) is 0. The number of hydrogen-bond acceptors (Lipinski definition) is 4. The fourth-order valence-electron chi connectivity index (χ4n) is 2.73. The van der Waals surface area contributed by atoms with Crippen LogP contribution in [0.4, 0.5) is 4.39 Å².